The van der Waals surface area contributed by atoms with E-state index in [0.717, 1.165) is 32.0 Å². The van der Waals surface area contributed by atoms with Crippen LogP contribution in [0, 0.1) is 11.6 Å². The number of aromatic nitrogens is 1. The number of H-pyrrole nitrogens is 1. The second kappa shape index (κ2) is 7.89. The lowest BCUT2D eigenvalue weighted by Gasteiger charge is -2.40. The Balaban J connectivity index is 1.34. The summed E-state index contributed by atoms with van der Waals surface area (Å²) < 4.78 is 38.8. The Labute approximate surface area is 190 Å². The topological polar surface area (TPSA) is 37.5 Å². The van der Waals surface area contributed by atoms with Gasteiger partial charge >= 0.3 is 0 Å². The fraction of sp³-hybridized carbons (Fsp3) is 0.259. The summed E-state index contributed by atoms with van der Waals surface area (Å²) in [4.78, 5) is 6.11. The van der Waals surface area contributed by atoms with Gasteiger partial charge in [-0.25, -0.2) is 8.78 Å². The summed E-state index contributed by atoms with van der Waals surface area (Å²) >= 11 is 0. The zero-order valence-electron chi connectivity index (χ0n) is 18.3. The summed E-state index contributed by atoms with van der Waals surface area (Å²) in [6, 6.07) is 16.3. The summed E-state index contributed by atoms with van der Waals surface area (Å²) in [7, 11) is 1.62. The van der Waals surface area contributed by atoms with E-state index < -0.39 is 11.6 Å². The number of fused-ring (bicyclic) bond motifs is 6. The molecule has 33 heavy (non-hydrogen) atoms. The average Bonchev–Trinajstić information content (AvgIpc) is 3.17. The monoisotopic (exact) mass is 446 g/mol. The van der Waals surface area contributed by atoms with Gasteiger partial charge in [-0.3, -0.25) is 4.90 Å². The molecular formula is C27H24F2N2O2. The molecule has 0 radical (unpaired) electrons. The highest BCUT2D eigenvalue weighted by Crippen LogP contribution is 2.44. The molecule has 3 heterocycles. The van der Waals surface area contributed by atoms with Gasteiger partial charge < -0.3 is 14.5 Å². The summed E-state index contributed by atoms with van der Waals surface area (Å²) in [5, 5.41) is 1.29. The summed E-state index contributed by atoms with van der Waals surface area (Å²) in [5.41, 5.74) is 6.81. The van der Waals surface area contributed by atoms with Gasteiger partial charge in [0.05, 0.1) is 7.11 Å². The molecule has 1 unspecified atom stereocenters. The van der Waals surface area contributed by atoms with Crippen LogP contribution in [0.5, 0.6) is 11.5 Å². The Morgan fingerprint density at radius 2 is 1.85 bits per heavy atom. The fourth-order valence-corrected chi connectivity index (χ4v) is 5.34. The molecule has 2 aliphatic heterocycles. The number of methoxy groups -OCH3 is 1. The second-order valence-electron chi connectivity index (χ2n) is 8.84. The van der Waals surface area contributed by atoms with Crippen LogP contribution >= 0.6 is 0 Å². The number of nitrogens with zero attached hydrogens (tertiary/aromatic N) is 1. The molecule has 0 fully saturated rings. The van der Waals surface area contributed by atoms with E-state index in [1.807, 2.05) is 0 Å². The van der Waals surface area contributed by atoms with Crippen molar-refractivity contribution in [3.63, 3.8) is 0 Å². The predicted molar refractivity (Wildman–Crippen MR) is 123 cm³/mol. The van der Waals surface area contributed by atoms with Crippen molar-refractivity contribution in [3.05, 3.63) is 94.2 Å². The second-order valence-corrected chi connectivity index (χ2v) is 8.84. The van der Waals surface area contributed by atoms with Gasteiger partial charge in [0.25, 0.3) is 0 Å². The van der Waals surface area contributed by atoms with Gasteiger partial charge in [-0.15, -0.1) is 0 Å². The van der Waals surface area contributed by atoms with Crippen molar-refractivity contribution >= 4 is 10.9 Å². The number of ether oxygens (including phenoxy) is 2. The number of hydrogen-bond donors (Lipinski definition) is 1. The van der Waals surface area contributed by atoms with Crippen molar-refractivity contribution < 1.29 is 18.3 Å². The van der Waals surface area contributed by atoms with Gasteiger partial charge in [0.2, 0.25) is 0 Å². The quantitative estimate of drug-likeness (QED) is 0.438. The third-order valence-electron chi connectivity index (χ3n) is 6.87. The highest BCUT2D eigenvalue weighted by atomic mass is 19.1. The molecule has 1 N–H and O–H groups in total. The van der Waals surface area contributed by atoms with E-state index >= 15 is 0 Å². The first kappa shape index (κ1) is 20.2. The van der Waals surface area contributed by atoms with Gasteiger partial charge in [0.1, 0.15) is 18.2 Å². The zero-order chi connectivity index (χ0) is 22.5. The number of aromatic amines is 1. The lowest BCUT2D eigenvalue weighted by atomic mass is 9.85. The van der Waals surface area contributed by atoms with Crippen LogP contribution in [0.15, 0.2) is 54.6 Å². The molecule has 0 amide bonds. The van der Waals surface area contributed by atoms with Gasteiger partial charge in [-0.05, 0) is 65.4 Å². The van der Waals surface area contributed by atoms with E-state index in [0.29, 0.717) is 17.1 Å². The van der Waals surface area contributed by atoms with Crippen LogP contribution in [-0.2, 0) is 26.0 Å². The molecule has 0 spiro atoms. The molecule has 0 saturated heterocycles. The minimum atomic E-state index is -0.613. The molecule has 168 valence electrons. The highest BCUT2D eigenvalue weighted by molar-refractivity contribution is 5.85. The Hall–Kier alpha value is -3.38. The Kier molecular flexibility index (Phi) is 4.84. The van der Waals surface area contributed by atoms with Crippen LogP contribution < -0.4 is 9.47 Å². The lowest BCUT2D eigenvalue weighted by Crippen LogP contribution is -2.39. The van der Waals surface area contributed by atoms with E-state index in [4.69, 9.17) is 9.47 Å². The number of benzene rings is 3. The normalized spacial score (nSPS) is 17.4. The number of hydrogen-bond acceptors (Lipinski definition) is 3. The lowest BCUT2D eigenvalue weighted by molar-refractivity contribution is 0.158. The number of para-hydroxylation sites is 1. The molecule has 1 atom stereocenters. The molecule has 4 nitrogen and oxygen atoms in total. The van der Waals surface area contributed by atoms with Crippen molar-refractivity contribution in [2.75, 3.05) is 13.7 Å². The molecule has 6 heteroatoms. The third-order valence-corrected chi connectivity index (χ3v) is 6.87. The fourth-order valence-electron chi connectivity index (χ4n) is 5.34. The van der Waals surface area contributed by atoms with Crippen LogP contribution in [0.3, 0.4) is 0 Å². The van der Waals surface area contributed by atoms with E-state index in [9.17, 15) is 8.78 Å². The number of rotatable bonds is 4. The maximum Gasteiger partial charge on any atom is 0.162 e. The number of nitrogens with one attached hydrogen (secondary N) is 1. The van der Waals surface area contributed by atoms with Gasteiger partial charge in [-0.1, -0.05) is 18.2 Å². The van der Waals surface area contributed by atoms with Crippen LogP contribution in [0.4, 0.5) is 8.78 Å². The summed E-state index contributed by atoms with van der Waals surface area (Å²) in [6.45, 7) is 1.93. The number of halogens is 2. The minimum Gasteiger partial charge on any atom is -0.493 e. The largest absolute Gasteiger partial charge is 0.493 e. The van der Waals surface area contributed by atoms with Crippen molar-refractivity contribution in [3.8, 4) is 11.5 Å². The SMILES string of the molecule is COc1cc2c(cc1OCc1cc(F)cc(F)c1)C1Cc3c([nH]c4ccccc34)CN1CC2. The third kappa shape index (κ3) is 3.55. The van der Waals surface area contributed by atoms with Crippen molar-refractivity contribution in [1.82, 2.24) is 9.88 Å². The molecule has 4 aromatic rings. The summed E-state index contributed by atoms with van der Waals surface area (Å²) in [5.74, 6) is 0.00642. The Morgan fingerprint density at radius 3 is 2.67 bits per heavy atom. The maximum absolute atomic E-state index is 13.6. The van der Waals surface area contributed by atoms with Crippen LogP contribution in [-0.4, -0.2) is 23.5 Å². The smallest absolute Gasteiger partial charge is 0.162 e. The van der Waals surface area contributed by atoms with Crippen molar-refractivity contribution in [2.24, 2.45) is 0 Å². The first-order valence-corrected chi connectivity index (χ1v) is 11.2. The van der Waals surface area contributed by atoms with Gasteiger partial charge in [0.15, 0.2) is 11.5 Å². The summed E-state index contributed by atoms with van der Waals surface area (Å²) in [6.07, 6.45) is 1.86. The standard InChI is InChI=1S/C27H24F2N2O2/c1-32-26-10-17-6-7-31-14-24-22(20-4-2-3-5-23(20)30-24)12-25(31)21(17)13-27(26)33-15-16-8-18(28)11-19(29)9-16/h2-5,8-11,13,25,30H,6-7,12,14-15H2,1H3. The van der Waals surface area contributed by atoms with Gasteiger partial charge in [0, 0.05) is 41.8 Å². The minimum absolute atomic E-state index is 0.0603. The molecule has 0 saturated carbocycles. The highest BCUT2D eigenvalue weighted by Gasteiger charge is 2.34. The average molecular weight is 446 g/mol. The van der Waals surface area contributed by atoms with E-state index in [-0.39, 0.29) is 12.6 Å². The molecule has 3 aromatic carbocycles. The Morgan fingerprint density at radius 1 is 1.03 bits per heavy atom. The van der Waals surface area contributed by atoms with E-state index in [2.05, 4.69) is 46.3 Å². The molecule has 0 bridgehead atoms. The molecule has 1 aromatic heterocycles. The predicted octanol–water partition coefficient (Wildman–Crippen LogP) is 5.69. The van der Waals surface area contributed by atoms with Crippen molar-refractivity contribution in [2.45, 2.75) is 32.0 Å². The first-order valence-electron chi connectivity index (χ1n) is 11.2. The van der Waals surface area contributed by atoms with Crippen LogP contribution in [0.1, 0.15) is 34.0 Å². The Bertz CT molecular complexity index is 1340. The first-order chi connectivity index (χ1) is 16.1. The van der Waals surface area contributed by atoms with Crippen LogP contribution in [0.2, 0.25) is 0 Å². The molecule has 0 aliphatic carbocycles. The van der Waals surface area contributed by atoms with Crippen molar-refractivity contribution in [1.29, 1.82) is 0 Å². The van der Waals surface area contributed by atoms with Gasteiger partial charge in [-0.2, -0.15) is 0 Å². The van der Waals surface area contributed by atoms with Crippen LogP contribution in [0.25, 0.3) is 10.9 Å². The maximum atomic E-state index is 13.6. The molecule has 2 aliphatic rings. The van der Waals surface area contributed by atoms with E-state index in [1.54, 1.807) is 7.11 Å². The molecule has 6 rings (SSSR count). The van der Waals surface area contributed by atoms with E-state index in [1.165, 1.54) is 45.4 Å². The molecular weight excluding hydrogens is 422 g/mol. The zero-order valence-corrected chi connectivity index (χ0v) is 18.3.